The molecule has 0 radical (unpaired) electrons. The first kappa shape index (κ1) is 23.0. The van der Waals surface area contributed by atoms with E-state index in [-0.39, 0.29) is 29.3 Å². The first-order chi connectivity index (χ1) is 15.2. The number of ether oxygens (including phenoxy) is 1. The molecule has 12 heteroatoms. The number of hydrogen-bond acceptors (Lipinski definition) is 9. The highest BCUT2D eigenvalue weighted by Gasteiger charge is 2.54. The quantitative estimate of drug-likeness (QED) is 0.191. The number of rotatable bonds is 7. The van der Waals surface area contributed by atoms with Gasteiger partial charge in [0.05, 0.1) is 0 Å². The standard InChI is InChI=1S/C20H19N3O8S/c1-10(24)30-8-13-9-32-19-15(18(27)23(19)16(13)20(28)29)21-17(26)14(22-31-11(2)25)12-6-4-3-5-7-12/h3-7,15,19H,8-9H2,1-2H3,(H,21,26)(H,28,29)/b22-14-/t15-,19-/m1/s1. The van der Waals surface area contributed by atoms with Gasteiger partial charge in [-0.2, -0.15) is 0 Å². The van der Waals surface area contributed by atoms with Crippen LogP contribution in [-0.2, 0) is 33.5 Å². The van der Waals surface area contributed by atoms with E-state index < -0.39 is 41.1 Å². The smallest absolute Gasteiger partial charge is 0.352 e. The summed E-state index contributed by atoms with van der Waals surface area (Å²) in [4.78, 5) is 65.2. The Bertz CT molecular complexity index is 1040. The minimum Gasteiger partial charge on any atom is -0.477 e. The van der Waals surface area contributed by atoms with Crippen LogP contribution >= 0.6 is 11.8 Å². The van der Waals surface area contributed by atoms with Crippen LogP contribution in [0.1, 0.15) is 19.4 Å². The third-order valence-electron chi connectivity index (χ3n) is 4.51. The Balaban J connectivity index is 1.79. The van der Waals surface area contributed by atoms with Crippen LogP contribution < -0.4 is 5.32 Å². The summed E-state index contributed by atoms with van der Waals surface area (Å²) in [5, 5.41) is 15.1. The van der Waals surface area contributed by atoms with Crippen LogP contribution in [0.4, 0.5) is 0 Å². The van der Waals surface area contributed by atoms with Crippen molar-refractivity contribution < 1.29 is 38.7 Å². The number of carbonyl (C=O) groups excluding carboxylic acids is 4. The number of β-lactam (4-membered cyclic amide) rings is 1. The zero-order chi connectivity index (χ0) is 23.4. The van der Waals surface area contributed by atoms with E-state index in [0.29, 0.717) is 5.56 Å². The Labute approximate surface area is 186 Å². The van der Waals surface area contributed by atoms with Gasteiger partial charge >= 0.3 is 17.9 Å². The number of benzene rings is 1. The Morgan fingerprint density at radius 2 is 1.88 bits per heavy atom. The van der Waals surface area contributed by atoms with Crippen LogP contribution in [0.15, 0.2) is 46.8 Å². The van der Waals surface area contributed by atoms with Crippen LogP contribution in [0, 0.1) is 0 Å². The second-order valence-corrected chi connectivity index (χ2v) is 7.89. The predicted molar refractivity (Wildman–Crippen MR) is 111 cm³/mol. The lowest BCUT2D eigenvalue weighted by atomic mass is 10.0. The molecule has 3 rings (SSSR count). The largest absolute Gasteiger partial charge is 0.477 e. The van der Waals surface area contributed by atoms with Crippen molar-refractivity contribution in [2.75, 3.05) is 12.4 Å². The molecule has 0 spiro atoms. The molecule has 2 aliphatic heterocycles. The Morgan fingerprint density at radius 3 is 2.47 bits per heavy atom. The molecule has 2 aliphatic rings. The highest BCUT2D eigenvalue weighted by atomic mass is 32.2. The molecule has 32 heavy (non-hydrogen) atoms. The molecule has 1 saturated heterocycles. The summed E-state index contributed by atoms with van der Waals surface area (Å²) in [5.74, 6) is -3.83. The van der Waals surface area contributed by atoms with E-state index in [1.165, 1.54) is 18.7 Å². The number of nitrogens with zero attached hydrogens (tertiary/aromatic N) is 2. The van der Waals surface area contributed by atoms with Crippen molar-refractivity contribution in [1.29, 1.82) is 0 Å². The fraction of sp³-hybridized carbons (Fsp3) is 0.300. The number of carboxylic acids is 1. The topological polar surface area (TPSA) is 152 Å². The number of hydrogen-bond donors (Lipinski definition) is 2. The number of esters is 1. The maximum absolute atomic E-state index is 12.8. The van der Waals surface area contributed by atoms with Gasteiger partial charge in [-0.05, 0) is 0 Å². The summed E-state index contributed by atoms with van der Waals surface area (Å²) in [7, 11) is 0. The highest BCUT2D eigenvalue weighted by molar-refractivity contribution is 8.00. The maximum Gasteiger partial charge on any atom is 0.352 e. The number of fused-ring (bicyclic) bond motifs is 1. The van der Waals surface area contributed by atoms with Gasteiger partial charge in [0.25, 0.3) is 11.8 Å². The minimum absolute atomic E-state index is 0.197. The van der Waals surface area contributed by atoms with Gasteiger partial charge in [-0.1, -0.05) is 35.5 Å². The van der Waals surface area contributed by atoms with E-state index in [0.717, 1.165) is 11.8 Å². The molecule has 168 valence electrons. The van der Waals surface area contributed by atoms with Crippen molar-refractivity contribution in [3.63, 3.8) is 0 Å². The van der Waals surface area contributed by atoms with Gasteiger partial charge < -0.3 is 20.0 Å². The number of oxime groups is 1. The van der Waals surface area contributed by atoms with Crippen LogP contribution in [0.5, 0.6) is 0 Å². The summed E-state index contributed by atoms with van der Waals surface area (Å²) >= 11 is 1.23. The fourth-order valence-corrected chi connectivity index (χ4v) is 4.45. The highest BCUT2D eigenvalue weighted by Crippen LogP contribution is 2.40. The van der Waals surface area contributed by atoms with Gasteiger partial charge in [-0.15, -0.1) is 11.8 Å². The van der Waals surface area contributed by atoms with Crippen molar-refractivity contribution in [1.82, 2.24) is 10.2 Å². The maximum atomic E-state index is 12.8. The molecule has 0 aromatic heterocycles. The molecule has 2 N–H and O–H groups in total. The summed E-state index contributed by atoms with van der Waals surface area (Å²) in [6.45, 7) is 2.08. The fourth-order valence-electron chi connectivity index (χ4n) is 3.12. The lowest BCUT2D eigenvalue weighted by Crippen LogP contribution is -2.71. The molecular formula is C20H19N3O8S. The Morgan fingerprint density at radius 1 is 1.19 bits per heavy atom. The molecule has 2 atom stereocenters. The van der Waals surface area contributed by atoms with Crippen molar-refractivity contribution in [2.45, 2.75) is 25.3 Å². The lowest BCUT2D eigenvalue weighted by molar-refractivity contribution is -0.150. The number of thioether (sulfide) groups is 1. The summed E-state index contributed by atoms with van der Waals surface area (Å²) < 4.78 is 4.88. The molecule has 0 aliphatic carbocycles. The van der Waals surface area contributed by atoms with E-state index in [1.54, 1.807) is 30.3 Å². The van der Waals surface area contributed by atoms with Gasteiger partial charge in [-0.3, -0.25) is 19.3 Å². The first-order valence-electron chi connectivity index (χ1n) is 9.36. The number of carboxylic acid groups (broad SMARTS) is 1. The van der Waals surface area contributed by atoms with Gasteiger partial charge in [0, 0.05) is 30.7 Å². The molecule has 0 unspecified atom stereocenters. The summed E-state index contributed by atoms with van der Waals surface area (Å²) in [5.41, 5.74) is 0.175. The summed E-state index contributed by atoms with van der Waals surface area (Å²) in [6.07, 6.45) is 0. The first-order valence-corrected chi connectivity index (χ1v) is 10.4. The van der Waals surface area contributed by atoms with E-state index in [9.17, 15) is 29.1 Å². The third-order valence-corrected chi connectivity index (χ3v) is 5.85. The van der Waals surface area contributed by atoms with E-state index in [1.807, 2.05) is 0 Å². The van der Waals surface area contributed by atoms with Crippen molar-refractivity contribution in [2.24, 2.45) is 5.16 Å². The zero-order valence-corrected chi connectivity index (χ0v) is 17.9. The Hall–Kier alpha value is -3.67. The van der Waals surface area contributed by atoms with Crippen LogP contribution in [0.2, 0.25) is 0 Å². The molecule has 1 aromatic carbocycles. The second kappa shape index (κ2) is 9.64. The van der Waals surface area contributed by atoms with E-state index >= 15 is 0 Å². The third kappa shape index (κ3) is 4.80. The molecule has 2 amide bonds. The average molecular weight is 461 g/mol. The monoisotopic (exact) mass is 461 g/mol. The molecule has 11 nitrogen and oxygen atoms in total. The molecule has 0 saturated carbocycles. The normalized spacial score (nSPS) is 20.1. The van der Waals surface area contributed by atoms with E-state index in [2.05, 4.69) is 15.3 Å². The minimum atomic E-state index is -1.34. The van der Waals surface area contributed by atoms with E-state index in [4.69, 9.17) is 4.74 Å². The molecule has 1 fully saturated rings. The molecule has 1 aromatic rings. The average Bonchev–Trinajstić information content (AvgIpc) is 2.75. The van der Waals surface area contributed by atoms with Crippen molar-refractivity contribution >= 4 is 47.2 Å². The predicted octanol–water partition coefficient (Wildman–Crippen LogP) is 0.256. The molecule has 0 bridgehead atoms. The number of nitrogens with one attached hydrogen (secondary N) is 1. The summed E-state index contributed by atoms with van der Waals surface area (Å²) in [6, 6.07) is 7.20. The van der Waals surface area contributed by atoms with Gasteiger partial charge in [0.2, 0.25) is 0 Å². The van der Waals surface area contributed by atoms with Crippen LogP contribution in [0.3, 0.4) is 0 Å². The number of amides is 2. The van der Waals surface area contributed by atoms with Gasteiger partial charge in [0.1, 0.15) is 23.7 Å². The number of aliphatic carboxylic acids is 1. The second-order valence-electron chi connectivity index (χ2n) is 6.79. The lowest BCUT2D eigenvalue weighted by Gasteiger charge is -2.49. The Kier molecular flexibility index (Phi) is 6.93. The van der Waals surface area contributed by atoms with Crippen molar-refractivity contribution in [3.05, 3.63) is 47.2 Å². The van der Waals surface area contributed by atoms with Crippen LogP contribution in [-0.4, -0.2) is 69.2 Å². The number of carbonyl (C=O) groups is 5. The van der Waals surface area contributed by atoms with Gasteiger partial charge in [0.15, 0.2) is 5.71 Å². The SMILES string of the molecule is CC(=O)OCC1=C(C(=O)O)N2C(=O)[C@@H](NC(=O)/C(=N\OC(C)=O)c3ccccc3)[C@H]2SC1. The van der Waals surface area contributed by atoms with Gasteiger partial charge in [-0.25, -0.2) is 9.59 Å². The van der Waals surface area contributed by atoms with Crippen LogP contribution in [0.25, 0.3) is 0 Å². The molecular weight excluding hydrogens is 442 g/mol. The molecule has 2 heterocycles. The van der Waals surface area contributed by atoms with Crippen molar-refractivity contribution in [3.8, 4) is 0 Å². The zero-order valence-electron chi connectivity index (χ0n) is 17.1.